The summed E-state index contributed by atoms with van der Waals surface area (Å²) in [7, 11) is 0. The van der Waals surface area contributed by atoms with Crippen molar-refractivity contribution in [3.63, 3.8) is 0 Å². The van der Waals surface area contributed by atoms with Gasteiger partial charge in [0.1, 0.15) is 5.58 Å². The van der Waals surface area contributed by atoms with E-state index < -0.39 is 0 Å². The van der Waals surface area contributed by atoms with Crippen molar-refractivity contribution in [1.29, 1.82) is 0 Å². The van der Waals surface area contributed by atoms with Gasteiger partial charge < -0.3 is 4.42 Å². The molecule has 62 valence electrons. The molecular weight excluding hydrogens is 241 g/mol. The van der Waals surface area contributed by atoms with Gasteiger partial charge in [0.05, 0.1) is 0 Å². The smallest absolute Gasteiger partial charge is 0.336 e. The fourth-order valence-corrected chi connectivity index (χ4v) is 1.01. The fraction of sp³-hybridized carbons (Fsp3) is 0. The molecule has 0 aliphatic rings. The fourth-order valence-electron chi connectivity index (χ4n) is 1.01. The molecule has 0 aliphatic heterocycles. The molecule has 0 amide bonds. The zero-order chi connectivity index (χ0) is 7.68. The van der Waals surface area contributed by atoms with E-state index in [2.05, 4.69) is 0 Å². The van der Waals surface area contributed by atoms with Crippen molar-refractivity contribution >= 4 is 11.0 Å². The number of hydrogen-bond acceptors (Lipinski definition) is 2. The summed E-state index contributed by atoms with van der Waals surface area (Å²) in [6.07, 6.45) is 0. The first kappa shape index (κ1) is 9.14. The molecule has 0 atom stereocenters. The Hall–Kier alpha value is -0.947. The average molecular weight is 247 g/mol. The maximum absolute atomic E-state index is 10.7. The summed E-state index contributed by atoms with van der Waals surface area (Å²) in [6, 6.07) is 10.6. The minimum absolute atomic E-state index is 0. The van der Waals surface area contributed by atoms with E-state index in [4.69, 9.17) is 4.42 Å². The van der Waals surface area contributed by atoms with Crippen LogP contribution >= 0.6 is 0 Å². The van der Waals surface area contributed by atoms with E-state index in [0.717, 1.165) is 5.39 Å². The second-order valence-corrected chi connectivity index (χ2v) is 2.29. The van der Waals surface area contributed by atoms with E-state index >= 15 is 0 Å². The van der Waals surface area contributed by atoms with Crippen LogP contribution in [0, 0.1) is 0 Å². The van der Waals surface area contributed by atoms with Crippen LogP contribution < -0.4 is 5.63 Å². The predicted octanol–water partition coefficient (Wildman–Crippen LogP) is 1.79. The Bertz CT molecular complexity index is 433. The van der Waals surface area contributed by atoms with Gasteiger partial charge in [-0.25, -0.2) is 4.79 Å². The van der Waals surface area contributed by atoms with Crippen LogP contribution in [-0.4, -0.2) is 0 Å². The molecule has 2 rings (SSSR count). The van der Waals surface area contributed by atoms with Crippen LogP contribution in [0.4, 0.5) is 0 Å². The van der Waals surface area contributed by atoms with Crippen LogP contribution in [-0.2, 0) is 19.5 Å². The van der Waals surface area contributed by atoms with Gasteiger partial charge in [-0.15, -0.1) is 0 Å². The van der Waals surface area contributed by atoms with Gasteiger partial charge in [-0.3, -0.25) is 0 Å². The number of rotatable bonds is 0. The van der Waals surface area contributed by atoms with Crippen molar-refractivity contribution in [1.82, 2.24) is 0 Å². The first-order valence-corrected chi connectivity index (χ1v) is 3.35. The van der Waals surface area contributed by atoms with Gasteiger partial charge in [-0.1, -0.05) is 18.2 Å². The van der Waals surface area contributed by atoms with E-state index in [1.165, 1.54) is 6.07 Å². The van der Waals surface area contributed by atoms with E-state index in [0.29, 0.717) is 5.58 Å². The van der Waals surface area contributed by atoms with Crippen LogP contribution in [0.2, 0.25) is 0 Å². The summed E-state index contributed by atoms with van der Waals surface area (Å²) in [4.78, 5) is 10.7. The van der Waals surface area contributed by atoms with Crippen LogP contribution in [0.25, 0.3) is 11.0 Å². The Morgan fingerprint density at radius 1 is 1.00 bits per heavy atom. The molecule has 1 aromatic carbocycles. The molecule has 0 N–H and O–H groups in total. The summed E-state index contributed by atoms with van der Waals surface area (Å²) < 4.78 is 4.91. The second-order valence-electron chi connectivity index (χ2n) is 2.29. The standard InChI is InChI=1S/C9H6O2.Ru/c10-9-6-5-7-3-1-2-4-8(7)11-9;/h1-6H;. The zero-order valence-corrected chi connectivity index (χ0v) is 7.87. The number of hydrogen-bond donors (Lipinski definition) is 0. The van der Waals surface area contributed by atoms with Crippen molar-refractivity contribution in [3.8, 4) is 0 Å². The van der Waals surface area contributed by atoms with Gasteiger partial charge in [0.25, 0.3) is 0 Å². The van der Waals surface area contributed by atoms with Crippen molar-refractivity contribution in [2.45, 2.75) is 0 Å². The summed E-state index contributed by atoms with van der Waals surface area (Å²) >= 11 is 0. The molecule has 0 radical (unpaired) electrons. The number of para-hydroxylation sites is 1. The molecule has 0 spiro atoms. The van der Waals surface area contributed by atoms with Gasteiger partial charge in [0.2, 0.25) is 0 Å². The quantitative estimate of drug-likeness (QED) is 0.525. The Kier molecular flexibility index (Phi) is 2.77. The molecule has 1 aromatic heterocycles. The molecule has 0 bridgehead atoms. The SMILES string of the molecule is O=c1ccc2ccccc2o1.[Ru]. The molecule has 1 heterocycles. The van der Waals surface area contributed by atoms with Crippen LogP contribution in [0.3, 0.4) is 0 Å². The minimum atomic E-state index is -0.302. The second kappa shape index (κ2) is 3.64. The molecule has 2 aromatic rings. The third-order valence-corrected chi connectivity index (χ3v) is 1.53. The monoisotopic (exact) mass is 248 g/mol. The predicted molar refractivity (Wildman–Crippen MR) is 42.5 cm³/mol. The molecule has 0 fully saturated rings. The summed E-state index contributed by atoms with van der Waals surface area (Å²) in [5.41, 5.74) is 0.337. The van der Waals surface area contributed by atoms with E-state index in [1.54, 1.807) is 12.1 Å². The zero-order valence-electron chi connectivity index (χ0n) is 6.13. The molecule has 2 nitrogen and oxygen atoms in total. The third-order valence-electron chi connectivity index (χ3n) is 1.53. The maximum Gasteiger partial charge on any atom is 0.336 e. The Labute approximate surface area is 82.0 Å². The first-order valence-electron chi connectivity index (χ1n) is 3.35. The Morgan fingerprint density at radius 2 is 1.75 bits per heavy atom. The maximum atomic E-state index is 10.7. The number of fused-ring (bicyclic) bond motifs is 1. The van der Waals surface area contributed by atoms with Crippen LogP contribution in [0.5, 0.6) is 0 Å². The third kappa shape index (κ3) is 1.62. The van der Waals surface area contributed by atoms with Gasteiger partial charge in [0, 0.05) is 30.9 Å². The van der Waals surface area contributed by atoms with Crippen molar-refractivity contribution < 1.29 is 23.9 Å². The van der Waals surface area contributed by atoms with E-state index in [9.17, 15) is 4.79 Å². The number of benzene rings is 1. The molecular formula is C9H6O2Ru. The normalized spacial score (nSPS) is 9.33. The Balaban J connectivity index is 0.000000720. The minimum Gasteiger partial charge on any atom is -0.423 e. The Morgan fingerprint density at radius 3 is 2.58 bits per heavy atom. The molecule has 0 saturated carbocycles. The van der Waals surface area contributed by atoms with E-state index in [-0.39, 0.29) is 25.1 Å². The molecule has 12 heavy (non-hydrogen) atoms. The van der Waals surface area contributed by atoms with Gasteiger partial charge in [-0.05, 0) is 12.1 Å². The molecule has 0 saturated heterocycles. The summed E-state index contributed by atoms with van der Waals surface area (Å²) in [5, 5.41) is 0.951. The van der Waals surface area contributed by atoms with E-state index in [1.807, 2.05) is 18.2 Å². The van der Waals surface area contributed by atoms with Crippen molar-refractivity contribution in [2.24, 2.45) is 0 Å². The van der Waals surface area contributed by atoms with Crippen LogP contribution in [0.1, 0.15) is 0 Å². The first-order chi connectivity index (χ1) is 5.36. The topological polar surface area (TPSA) is 30.2 Å². The van der Waals surface area contributed by atoms with Crippen LogP contribution in [0.15, 0.2) is 45.6 Å². The van der Waals surface area contributed by atoms with Gasteiger partial charge >= 0.3 is 5.63 Å². The van der Waals surface area contributed by atoms with Crippen molar-refractivity contribution in [2.75, 3.05) is 0 Å². The van der Waals surface area contributed by atoms with Crippen molar-refractivity contribution in [3.05, 3.63) is 46.8 Å². The molecule has 0 aliphatic carbocycles. The van der Waals surface area contributed by atoms with Gasteiger partial charge in [-0.2, -0.15) is 0 Å². The summed E-state index contributed by atoms with van der Waals surface area (Å²) in [6.45, 7) is 0. The molecule has 3 heteroatoms. The largest absolute Gasteiger partial charge is 0.423 e. The van der Waals surface area contributed by atoms with Gasteiger partial charge in [0.15, 0.2) is 0 Å². The summed E-state index contributed by atoms with van der Waals surface area (Å²) in [5.74, 6) is 0. The molecule has 0 unspecified atom stereocenters. The average Bonchev–Trinajstić information content (AvgIpc) is 2.04.